The highest BCUT2D eigenvalue weighted by atomic mass is 32.1. The van der Waals surface area contributed by atoms with E-state index in [-0.39, 0.29) is 5.56 Å². The minimum absolute atomic E-state index is 0.0159. The van der Waals surface area contributed by atoms with Gasteiger partial charge in [-0.05, 0) is 22.9 Å². The summed E-state index contributed by atoms with van der Waals surface area (Å²) in [7, 11) is 0. The van der Waals surface area contributed by atoms with Gasteiger partial charge < -0.3 is 4.98 Å². The minimum atomic E-state index is 0.0159. The van der Waals surface area contributed by atoms with Crippen LogP contribution in [0.5, 0.6) is 0 Å². The van der Waals surface area contributed by atoms with Crippen LogP contribution in [0.25, 0.3) is 20.3 Å². The van der Waals surface area contributed by atoms with Crippen molar-refractivity contribution in [3.05, 3.63) is 33.2 Å². The van der Waals surface area contributed by atoms with Crippen molar-refractivity contribution in [2.75, 3.05) is 0 Å². The third-order valence-corrected chi connectivity index (χ3v) is 4.02. The van der Waals surface area contributed by atoms with Gasteiger partial charge in [0.1, 0.15) is 0 Å². The molecule has 0 spiro atoms. The fourth-order valence-corrected chi connectivity index (χ4v) is 3.37. The normalized spacial score (nSPS) is 11.4. The quantitative estimate of drug-likeness (QED) is 0.604. The van der Waals surface area contributed by atoms with Crippen molar-refractivity contribution < 1.29 is 0 Å². The van der Waals surface area contributed by atoms with Gasteiger partial charge in [-0.1, -0.05) is 0 Å². The molecule has 0 bridgehead atoms. The molecule has 0 saturated carbocycles. The second kappa shape index (κ2) is 2.43. The molecule has 0 atom stereocenters. The fourth-order valence-electron chi connectivity index (χ4n) is 1.44. The average Bonchev–Trinajstić information content (AvgIpc) is 2.66. The molecule has 3 rings (SSSR count). The molecule has 0 saturated heterocycles. The van der Waals surface area contributed by atoms with E-state index in [1.165, 1.54) is 4.70 Å². The summed E-state index contributed by atoms with van der Waals surface area (Å²) in [6.45, 7) is 0. The van der Waals surface area contributed by atoms with Crippen molar-refractivity contribution in [2.45, 2.75) is 0 Å². The molecule has 0 aliphatic carbocycles. The summed E-state index contributed by atoms with van der Waals surface area (Å²) in [5.74, 6) is 0. The number of aromatic nitrogens is 1. The highest BCUT2D eigenvalue weighted by Crippen LogP contribution is 2.29. The van der Waals surface area contributed by atoms with Crippen LogP contribution < -0.4 is 5.56 Å². The van der Waals surface area contributed by atoms with Crippen LogP contribution in [0.3, 0.4) is 0 Å². The number of pyridine rings is 1. The lowest BCUT2D eigenvalue weighted by molar-refractivity contribution is 1.36. The number of nitrogens with one attached hydrogen (secondary N) is 1. The number of H-pyrrole nitrogens is 1. The zero-order chi connectivity index (χ0) is 8.84. The SMILES string of the molecule is O=c1[nH]c2ccsc2c2sccc12. The molecule has 0 aromatic carbocycles. The van der Waals surface area contributed by atoms with E-state index < -0.39 is 0 Å². The maximum Gasteiger partial charge on any atom is 0.257 e. The number of rotatable bonds is 0. The Morgan fingerprint density at radius 2 is 1.85 bits per heavy atom. The van der Waals surface area contributed by atoms with E-state index in [9.17, 15) is 4.79 Å². The molecule has 0 unspecified atom stereocenters. The second-order valence-corrected chi connectivity index (χ2v) is 4.61. The molecule has 1 N–H and O–H groups in total. The Balaban J connectivity index is 2.79. The summed E-state index contributed by atoms with van der Waals surface area (Å²) < 4.78 is 2.29. The van der Waals surface area contributed by atoms with Gasteiger partial charge >= 0.3 is 0 Å². The first-order valence-corrected chi connectivity index (χ1v) is 5.59. The molecule has 4 heteroatoms. The molecule has 0 fully saturated rings. The third-order valence-electron chi connectivity index (χ3n) is 2.03. The second-order valence-electron chi connectivity index (χ2n) is 2.78. The van der Waals surface area contributed by atoms with Crippen LogP contribution in [0.2, 0.25) is 0 Å². The Morgan fingerprint density at radius 3 is 2.77 bits per heavy atom. The van der Waals surface area contributed by atoms with Gasteiger partial charge in [0.25, 0.3) is 5.56 Å². The number of fused-ring (bicyclic) bond motifs is 3. The van der Waals surface area contributed by atoms with Gasteiger partial charge in [0.05, 0.1) is 20.3 Å². The van der Waals surface area contributed by atoms with Crippen molar-refractivity contribution in [1.82, 2.24) is 4.98 Å². The first kappa shape index (κ1) is 7.29. The molecule has 0 radical (unpaired) electrons. The van der Waals surface area contributed by atoms with Crippen LogP contribution in [-0.2, 0) is 0 Å². The van der Waals surface area contributed by atoms with Crippen LogP contribution in [-0.4, -0.2) is 4.98 Å². The lowest BCUT2D eigenvalue weighted by Crippen LogP contribution is -2.03. The van der Waals surface area contributed by atoms with Crippen molar-refractivity contribution in [3.63, 3.8) is 0 Å². The van der Waals surface area contributed by atoms with Crippen LogP contribution in [0.15, 0.2) is 27.7 Å². The Kier molecular flexibility index (Phi) is 1.36. The largest absolute Gasteiger partial charge is 0.321 e. The number of hydrogen-bond donors (Lipinski definition) is 1. The topological polar surface area (TPSA) is 32.9 Å². The molecule has 3 aromatic rings. The summed E-state index contributed by atoms with van der Waals surface area (Å²) in [5.41, 5.74) is 0.965. The summed E-state index contributed by atoms with van der Waals surface area (Å²) in [4.78, 5) is 14.4. The third kappa shape index (κ3) is 0.897. The monoisotopic (exact) mass is 207 g/mol. The van der Waals surface area contributed by atoms with E-state index in [4.69, 9.17) is 0 Å². The molecule has 3 aromatic heterocycles. The Labute approximate surface area is 81.5 Å². The van der Waals surface area contributed by atoms with Crippen molar-refractivity contribution in [2.24, 2.45) is 0 Å². The molecule has 0 aliphatic rings. The zero-order valence-electron chi connectivity index (χ0n) is 6.53. The van der Waals surface area contributed by atoms with Crippen LogP contribution in [0.4, 0.5) is 0 Å². The standard InChI is InChI=1S/C9H5NOS2/c11-9-5-1-3-12-7(5)8-6(10-9)2-4-13-8/h1-4H,(H,10,11). The number of thiophene rings is 2. The van der Waals surface area contributed by atoms with E-state index in [1.807, 2.05) is 22.9 Å². The highest BCUT2D eigenvalue weighted by molar-refractivity contribution is 7.25. The fraction of sp³-hybridized carbons (Fsp3) is 0. The van der Waals surface area contributed by atoms with E-state index in [0.717, 1.165) is 15.6 Å². The number of aromatic amines is 1. The minimum Gasteiger partial charge on any atom is -0.321 e. The maximum absolute atomic E-state index is 11.5. The summed E-state index contributed by atoms with van der Waals surface area (Å²) in [5, 5.41) is 4.76. The Hall–Kier alpha value is -1.13. The molecule has 13 heavy (non-hydrogen) atoms. The Morgan fingerprint density at radius 1 is 1.08 bits per heavy atom. The van der Waals surface area contributed by atoms with Gasteiger partial charge in [-0.2, -0.15) is 0 Å². The van der Waals surface area contributed by atoms with E-state index in [0.29, 0.717) is 0 Å². The molecule has 3 heterocycles. The van der Waals surface area contributed by atoms with Crippen LogP contribution >= 0.6 is 22.7 Å². The summed E-state index contributed by atoms with van der Waals surface area (Å²) >= 11 is 3.30. The van der Waals surface area contributed by atoms with Crippen molar-refractivity contribution in [1.29, 1.82) is 0 Å². The molecule has 0 amide bonds. The first-order valence-electron chi connectivity index (χ1n) is 3.83. The van der Waals surface area contributed by atoms with Crippen LogP contribution in [0, 0.1) is 0 Å². The molecular formula is C9H5NOS2. The predicted octanol–water partition coefficient (Wildman–Crippen LogP) is 2.80. The molecular weight excluding hydrogens is 202 g/mol. The molecule has 0 aliphatic heterocycles. The lowest BCUT2D eigenvalue weighted by Gasteiger charge is -1.90. The first-order chi connectivity index (χ1) is 6.36. The summed E-state index contributed by atoms with van der Waals surface area (Å²) in [6, 6.07) is 3.82. The van der Waals surface area contributed by atoms with Gasteiger partial charge in [-0.25, -0.2) is 0 Å². The van der Waals surface area contributed by atoms with E-state index >= 15 is 0 Å². The highest BCUT2D eigenvalue weighted by Gasteiger charge is 2.06. The van der Waals surface area contributed by atoms with Crippen LogP contribution in [0.1, 0.15) is 0 Å². The molecule has 64 valence electrons. The van der Waals surface area contributed by atoms with E-state index in [2.05, 4.69) is 4.98 Å². The predicted molar refractivity (Wildman–Crippen MR) is 57.8 cm³/mol. The maximum atomic E-state index is 11.5. The summed E-state index contributed by atoms with van der Waals surface area (Å²) in [6.07, 6.45) is 0. The van der Waals surface area contributed by atoms with E-state index in [1.54, 1.807) is 22.7 Å². The van der Waals surface area contributed by atoms with Crippen molar-refractivity contribution in [3.8, 4) is 0 Å². The van der Waals surface area contributed by atoms with Gasteiger partial charge in [0.15, 0.2) is 0 Å². The smallest absolute Gasteiger partial charge is 0.257 e. The number of hydrogen-bond acceptors (Lipinski definition) is 3. The Bertz CT molecular complexity index is 631. The molecule has 2 nitrogen and oxygen atoms in total. The lowest BCUT2D eigenvalue weighted by atomic mass is 10.3. The van der Waals surface area contributed by atoms with Gasteiger partial charge in [0.2, 0.25) is 0 Å². The van der Waals surface area contributed by atoms with Gasteiger partial charge in [-0.3, -0.25) is 4.79 Å². The van der Waals surface area contributed by atoms with Gasteiger partial charge in [0, 0.05) is 0 Å². The van der Waals surface area contributed by atoms with Gasteiger partial charge in [-0.15, -0.1) is 22.7 Å². The zero-order valence-corrected chi connectivity index (χ0v) is 8.17. The van der Waals surface area contributed by atoms with Crippen molar-refractivity contribution >= 4 is 43.0 Å². The average molecular weight is 207 g/mol.